The first-order valence-electron chi connectivity index (χ1n) is 24.6. The number of ether oxygens (including phenoxy) is 10. The Balaban J connectivity index is 0.00000540. The zero-order chi connectivity index (χ0) is 55.2. The standard InChI is InChI=1S/C44H63ClF3N9O16P2.CH4O/c45-44-51-41(34-26-50-57(42(34)52-44)38-4-3-33(72-38)29-71-75(62)30-74(60)61)56-7-1-2-37(56)43(59)49-6-10-64-13-16-67-20-21-69-22-23-70-28-32-27-55(54-53-32)8-11-65-14-17-68-19-18-66-15-12-63-9-5-39(58)73-40-35(47)24-31(46)25-36(40)48;1-2/h24-27,33,37-38,60-62H,1-23,28-30H2,(H,49,59);2H,1H3. The number of aliphatic hydroxyl groups is 1. The molecular formula is C45H67ClF3N9O17P2. The molecule has 32 heteroatoms. The predicted octanol–water partition coefficient (Wildman–Crippen LogP) is 2.76. The summed E-state index contributed by atoms with van der Waals surface area (Å²) >= 11 is 6.41. The van der Waals surface area contributed by atoms with Gasteiger partial charge in [-0.25, -0.2) is 22.5 Å². The number of anilines is 1. The highest BCUT2D eigenvalue weighted by Gasteiger charge is 2.35. The highest BCUT2D eigenvalue weighted by atomic mass is 35.5. The van der Waals surface area contributed by atoms with Gasteiger partial charge in [-0.15, -0.1) is 5.10 Å². The number of halogens is 4. The molecule has 6 rings (SSSR count). The van der Waals surface area contributed by atoms with E-state index in [1.807, 2.05) is 4.90 Å². The Bertz CT molecular complexity index is 2320. The van der Waals surface area contributed by atoms with Crippen LogP contribution in [0, 0.1) is 17.5 Å². The number of aliphatic hydroxyl groups excluding tert-OH is 1. The van der Waals surface area contributed by atoms with E-state index in [9.17, 15) is 27.7 Å². The summed E-state index contributed by atoms with van der Waals surface area (Å²) in [4.78, 5) is 64.1. The molecule has 5 N–H and O–H groups in total. The van der Waals surface area contributed by atoms with Gasteiger partial charge in [0.15, 0.2) is 40.3 Å². The molecule has 2 aliphatic heterocycles. The predicted molar refractivity (Wildman–Crippen MR) is 268 cm³/mol. The smallest absolute Gasteiger partial charge is 0.313 e. The van der Waals surface area contributed by atoms with E-state index in [2.05, 4.69) is 35.4 Å². The van der Waals surface area contributed by atoms with Crippen molar-refractivity contribution in [3.05, 3.63) is 53.0 Å². The summed E-state index contributed by atoms with van der Waals surface area (Å²) in [7, 11) is -3.21. The number of amides is 1. The molecule has 1 amide bonds. The number of hydrogen-bond acceptors (Lipinski definition) is 23. The average Bonchev–Trinajstić information content (AvgIpc) is 4.27. The fourth-order valence-electron chi connectivity index (χ4n) is 7.50. The molecule has 0 saturated carbocycles. The molecule has 1 aromatic carbocycles. The third-order valence-corrected chi connectivity index (χ3v) is 13.6. The van der Waals surface area contributed by atoms with Gasteiger partial charge < -0.3 is 81.9 Å². The van der Waals surface area contributed by atoms with Crippen LogP contribution in [-0.2, 0) is 69.9 Å². The van der Waals surface area contributed by atoms with Crippen LogP contribution in [0.5, 0.6) is 5.75 Å². The molecule has 0 spiro atoms. The minimum absolute atomic E-state index is 0.00596. The molecule has 26 nitrogen and oxygen atoms in total. The summed E-state index contributed by atoms with van der Waals surface area (Å²) in [6.07, 6.45) is 4.99. The van der Waals surface area contributed by atoms with Crippen molar-refractivity contribution in [1.29, 1.82) is 0 Å². The van der Waals surface area contributed by atoms with Crippen molar-refractivity contribution in [2.75, 3.05) is 137 Å². The Labute approximate surface area is 449 Å². The number of rotatable bonds is 38. The summed E-state index contributed by atoms with van der Waals surface area (Å²) in [5, 5.41) is 23.3. The highest BCUT2D eigenvalue weighted by molar-refractivity contribution is 7.63. The monoisotopic (exact) mass is 1160 g/mol. The van der Waals surface area contributed by atoms with Crippen molar-refractivity contribution < 1.29 is 94.4 Å². The number of nitrogens with one attached hydrogen (secondary N) is 1. The molecule has 4 aromatic rings. The number of aromatic nitrogens is 7. The van der Waals surface area contributed by atoms with Gasteiger partial charge >= 0.3 is 5.97 Å². The van der Waals surface area contributed by atoms with Crippen molar-refractivity contribution in [1.82, 2.24) is 40.1 Å². The fraction of sp³-hybridized carbons (Fsp3) is 0.667. The molecule has 0 radical (unpaired) electrons. The molecule has 2 aliphatic rings. The van der Waals surface area contributed by atoms with Crippen LogP contribution in [0.15, 0.2) is 24.5 Å². The first kappa shape index (κ1) is 63.9. The van der Waals surface area contributed by atoms with Gasteiger partial charge in [0.2, 0.25) is 16.9 Å². The summed E-state index contributed by atoms with van der Waals surface area (Å²) in [6.45, 7) is 6.42. The molecule has 5 heterocycles. The second-order valence-corrected chi connectivity index (χ2v) is 19.6. The SMILES string of the molecule is CO.O=C(CCOCCOCCOCCOCCn1cc(COCCOCCOCCOCCNC(=O)C2CCCN2c2nc(Cl)nc3c2cnn3C2CCC(COP(O)CP(O)O)O2)nn1)Oc1c(F)cc(F)cc1F. The maximum atomic E-state index is 13.6. The Hall–Kier alpha value is -3.97. The lowest BCUT2D eigenvalue weighted by Crippen LogP contribution is -2.44. The van der Waals surface area contributed by atoms with E-state index in [0.717, 1.165) is 13.5 Å². The van der Waals surface area contributed by atoms with Crippen LogP contribution < -0.4 is 15.0 Å². The van der Waals surface area contributed by atoms with Crippen LogP contribution >= 0.6 is 28.4 Å². The number of nitrogens with zero attached hydrogens (tertiary/aromatic N) is 8. The van der Waals surface area contributed by atoms with Crippen molar-refractivity contribution in [3.8, 4) is 5.75 Å². The molecular weight excluding hydrogens is 1090 g/mol. The summed E-state index contributed by atoms with van der Waals surface area (Å²) in [5.41, 5.74) is 1.13. The van der Waals surface area contributed by atoms with E-state index >= 15 is 0 Å². The Morgan fingerprint density at radius 1 is 0.805 bits per heavy atom. The molecule has 2 saturated heterocycles. The maximum Gasteiger partial charge on any atom is 0.313 e. The third kappa shape index (κ3) is 23.0. The summed E-state index contributed by atoms with van der Waals surface area (Å²) in [5.74, 6) is -5.48. The number of esters is 1. The summed E-state index contributed by atoms with van der Waals surface area (Å²) in [6, 6.07) is 0.361. The molecule has 3 aromatic heterocycles. The van der Waals surface area contributed by atoms with Crippen molar-refractivity contribution in [2.24, 2.45) is 0 Å². The lowest BCUT2D eigenvalue weighted by atomic mass is 10.2. The zero-order valence-corrected chi connectivity index (χ0v) is 45.1. The second kappa shape index (κ2) is 36.3. The normalized spacial score (nSPS) is 16.9. The third-order valence-electron chi connectivity index (χ3n) is 11.0. The van der Waals surface area contributed by atoms with Crippen LogP contribution in [0.25, 0.3) is 11.0 Å². The van der Waals surface area contributed by atoms with E-state index in [1.54, 1.807) is 21.8 Å². The van der Waals surface area contributed by atoms with Gasteiger partial charge in [-0.05, 0) is 37.3 Å². The zero-order valence-electron chi connectivity index (χ0n) is 42.5. The van der Waals surface area contributed by atoms with Gasteiger partial charge in [0, 0.05) is 32.3 Å². The van der Waals surface area contributed by atoms with E-state index in [1.165, 1.54) is 0 Å². The topological polar surface area (TPSA) is 306 Å². The lowest BCUT2D eigenvalue weighted by molar-refractivity contribution is -0.136. The average molecular weight is 1160 g/mol. The van der Waals surface area contributed by atoms with Gasteiger partial charge in [-0.2, -0.15) is 15.1 Å². The Morgan fingerprint density at radius 3 is 2.06 bits per heavy atom. The van der Waals surface area contributed by atoms with E-state index in [0.29, 0.717) is 153 Å². The molecule has 432 valence electrons. The molecule has 0 bridgehead atoms. The van der Waals surface area contributed by atoms with Gasteiger partial charge in [-0.1, -0.05) is 5.21 Å². The molecule has 77 heavy (non-hydrogen) atoms. The van der Waals surface area contributed by atoms with Gasteiger partial charge in [-0.3, -0.25) is 9.59 Å². The molecule has 4 atom stereocenters. The molecule has 2 fully saturated rings. The fourth-order valence-corrected chi connectivity index (χ4v) is 9.19. The number of carbonyl (C=O) groups is 2. The Morgan fingerprint density at radius 2 is 1.42 bits per heavy atom. The minimum Gasteiger partial charge on any atom is -0.420 e. The summed E-state index contributed by atoms with van der Waals surface area (Å²) < 4.78 is 104. The van der Waals surface area contributed by atoms with Crippen LogP contribution in [0.4, 0.5) is 19.0 Å². The minimum atomic E-state index is -2.25. The van der Waals surface area contributed by atoms with Gasteiger partial charge in [0.25, 0.3) is 0 Å². The number of fused-ring (bicyclic) bond motifs is 1. The second-order valence-electron chi connectivity index (χ2n) is 16.5. The van der Waals surface area contributed by atoms with E-state index in [4.69, 9.17) is 73.6 Å². The Kier molecular flexibility index (Phi) is 30.1. The van der Waals surface area contributed by atoms with Crippen molar-refractivity contribution in [3.63, 3.8) is 0 Å². The van der Waals surface area contributed by atoms with Crippen LogP contribution in [0.1, 0.15) is 44.0 Å². The first-order valence-corrected chi connectivity index (χ1v) is 27.8. The lowest BCUT2D eigenvalue weighted by Gasteiger charge is -2.25. The highest BCUT2D eigenvalue weighted by Crippen LogP contribution is 2.44. The van der Waals surface area contributed by atoms with Gasteiger partial charge in [0.05, 0.1) is 155 Å². The number of hydrogen-bond donors (Lipinski definition) is 5. The van der Waals surface area contributed by atoms with Crippen molar-refractivity contribution >= 4 is 57.1 Å². The van der Waals surface area contributed by atoms with Crippen molar-refractivity contribution in [2.45, 2.75) is 63.6 Å². The van der Waals surface area contributed by atoms with E-state index < -0.39 is 58.2 Å². The van der Waals surface area contributed by atoms with Gasteiger partial charge in [0.1, 0.15) is 23.4 Å². The maximum absolute atomic E-state index is 13.6. The first-order chi connectivity index (χ1) is 37.4. The van der Waals surface area contributed by atoms with Crippen LogP contribution in [0.2, 0.25) is 5.28 Å². The quantitative estimate of drug-likeness (QED) is 0.0142. The van der Waals surface area contributed by atoms with Crippen LogP contribution in [0.3, 0.4) is 0 Å². The number of carbonyl (C=O) groups excluding carboxylic acids is 2. The molecule has 4 unspecified atom stereocenters. The number of benzene rings is 1. The largest absolute Gasteiger partial charge is 0.420 e. The van der Waals surface area contributed by atoms with Crippen LogP contribution in [-0.4, -0.2) is 210 Å². The van der Waals surface area contributed by atoms with E-state index in [-0.39, 0.29) is 62.7 Å². The molecule has 0 aliphatic carbocycles.